The van der Waals surface area contributed by atoms with E-state index < -0.39 is 18.6 Å². The minimum absolute atomic E-state index is 0.380. The molecule has 76 valence electrons. The third kappa shape index (κ3) is 3.12. The zero-order chi connectivity index (χ0) is 10.4. The van der Waals surface area contributed by atoms with E-state index in [1.54, 1.807) is 18.5 Å². The van der Waals surface area contributed by atoms with Gasteiger partial charge >= 0.3 is 5.97 Å². The summed E-state index contributed by atoms with van der Waals surface area (Å²) >= 11 is 0. The Labute approximate surface area is 81.4 Å². The molecule has 3 N–H and O–H groups in total. The number of nitrogens with one attached hydrogen (secondary N) is 1. The number of aromatic nitrogens is 1. The molecule has 1 atom stereocenters. The zero-order valence-electron chi connectivity index (χ0n) is 7.55. The maximum atomic E-state index is 10.5. The van der Waals surface area contributed by atoms with Crippen LogP contribution >= 0.6 is 0 Å². The van der Waals surface area contributed by atoms with Gasteiger partial charge in [0.05, 0.1) is 6.61 Å². The van der Waals surface area contributed by atoms with Gasteiger partial charge in [-0.25, -0.2) is 0 Å². The molecular weight excluding hydrogens is 184 g/mol. The SMILES string of the molecule is O=C(O)[C@H](CO)NCc1cccnc1. The lowest BCUT2D eigenvalue weighted by Gasteiger charge is -2.10. The van der Waals surface area contributed by atoms with Gasteiger partial charge in [-0.3, -0.25) is 15.1 Å². The second-order valence-corrected chi connectivity index (χ2v) is 2.82. The standard InChI is InChI=1S/C9H12N2O3/c12-6-8(9(13)14)11-5-7-2-1-3-10-4-7/h1-4,8,11-12H,5-6H2,(H,13,14)/t8-/m0/s1. The molecule has 0 radical (unpaired) electrons. The van der Waals surface area contributed by atoms with Gasteiger partial charge in [0.1, 0.15) is 6.04 Å². The number of hydrogen-bond acceptors (Lipinski definition) is 4. The minimum atomic E-state index is -1.06. The lowest BCUT2D eigenvalue weighted by atomic mass is 10.2. The maximum Gasteiger partial charge on any atom is 0.323 e. The summed E-state index contributed by atoms with van der Waals surface area (Å²) in [6.07, 6.45) is 3.29. The molecule has 0 aliphatic carbocycles. The molecule has 5 heteroatoms. The van der Waals surface area contributed by atoms with Crippen molar-refractivity contribution in [1.29, 1.82) is 0 Å². The monoisotopic (exact) mass is 196 g/mol. The van der Waals surface area contributed by atoms with E-state index in [2.05, 4.69) is 10.3 Å². The molecular formula is C9H12N2O3. The van der Waals surface area contributed by atoms with Gasteiger partial charge in [-0.2, -0.15) is 0 Å². The van der Waals surface area contributed by atoms with Crippen molar-refractivity contribution in [1.82, 2.24) is 10.3 Å². The second kappa shape index (κ2) is 5.31. The quantitative estimate of drug-likeness (QED) is 0.597. The van der Waals surface area contributed by atoms with Crippen LogP contribution in [0.15, 0.2) is 24.5 Å². The Morgan fingerprint density at radius 3 is 2.93 bits per heavy atom. The first-order chi connectivity index (χ1) is 6.74. The largest absolute Gasteiger partial charge is 0.480 e. The van der Waals surface area contributed by atoms with Crippen LogP contribution in [-0.4, -0.2) is 33.8 Å². The molecule has 1 aromatic rings. The van der Waals surface area contributed by atoms with Crippen molar-refractivity contribution < 1.29 is 15.0 Å². The Morgan fingerprint density at radius 2 is 2.43 bits per heavy atom. The average Bonchev–Trinajstić information content (AvgIpc) is 2.20. The molecule has 1 aromatic heterocycles. The number of aliphatic hydroxyl groups is 1. The van der Waals surface area contributed by atoms with Crippen LogP contribution in [0.2, 0.25) is 0 Å². The van der Waals surface area contributed by atoms with Crippen molar-refractivity contribution in [3.05, 3.63) is 30.1 Å². The number of hydrogen-bond donors (Lipinski definition) is 3. The van der Waals surface area contributed by atoms with Gasteiger partial charge in [0.25, 0.3) is 0 Å². The highest BCUT2D eigenvalue weighted by Crippen LogP contribution is 1.95. The molecule has 5 nitrogen and oxygen atoms in total. The molecule has 0 spiro atoms. The van der Waals surface area contributed by atoms with Crippen LogP contribution in [0.25, 0.3) is 0 Å². The predicted molar refractivity (Wildman–Crippen MR) is 49.6 cm³/mol. The van der Waals surface area contributed by atoms with E-state index in [0.717, 1.165) is 5.56 Å². The molecule has 0 aliphatic heterocycles. The fraction of sp³-hybridized carbons (Fsp3) is 0.333. The summed E-state index contributed by atoms with van der Waals surface area (Å²) in [7, 11) is 0. The molecule has 1 heterocycles. The Bertz CT molecular complexity index is 289. The molecule has 0 saturated carbocycles. The molecule has 0 aliphatic rings. The maximum absolute atomic E-state index is 10.5. The lowest BCUT2D eigenvalue weighted by molar-refractivity contribution is -0.140. The predicted octanol–water partition coefficient (Wildman–Crippen LogP) is -0.383. The van der Waals surface area contributed by atoms with Crippen molar-refractivity contribution in [3.63, 3.8) is 0 Å². The highest BCUT2D eigenvalue weighted by Gasteiger charge is 2.14. The third-order valence-corrected chi connectivity index (χ3v) is 1.76. The van der Waals surface area contributed by atoms with Gasteiger partial charge in [0.2, 0.25) is 0 Å². The van der Waals surface area contributed by atoms with Gasteiger partial charge in [-0.1, -0.05) is 6.07 Å². The molecule has 1 rings (SSSR count). The van der Waals surface area contributed by atoms with E-state index in [1.807, 2.05) is 6.07 Å². The van der Waals surface area contributed by atoms with Crippen molar-refractivity contribution in [3.8, 4) is 0 Å². The van der Waals surface area contributed by atoms with E-state index >= 15 is 0 Å². The summed E-state index contributed by atoms with van der Waals surface area (Å²) < 4.78 is 0. The summed E-state index contributed by atoms with van der Waals surface area (Å²) in [6.45, 7) is -0.0407. The van der Waals surface area contributed by atoms with Gasteiger partial charge in [0, 0.05) is 18.9 Å². The van der Waals surface area contributed by atoms with Crippen molar-refractivity contribution >= 4 is 5.97 Å². The van der Waals surface area contributed by atoms with Crippen LogP contribution in [0.5, 0.6) is 0 Å². The number of aliphatic carboxylic acids is 1. The summed E-state index contributed by atoms with van der Waals surface area (Å²) in [4.78, 5) is 14.4. The molecule has 14 heavy (non-hydrogen) atoms. The van der Waals surface area contributed by atoms with Crippen molar-refractivity contribution in [2.45, 2.75) is 12.6 Å². The highest BCUT2D eigenvalue weighted by atomic mass is 16.4. The first-order valence-electron chi connectivity index (χ1n) is 4.20. The van der Waals surface area contributed by atoms with Crippen LogP contribution in [0.3, 0.4) is 0 Å². The van der Waals surface area contributed by atoms with Gasteiger partial charge in [0.15, 0.2) is 0 Å². The fourth-order valence-electron chi connectivity index (χ4n) is 0.974. The number of aliphatic hydroxyl groups excluding tert-OH is 1. The van der Waals surface area contributed by atoms with Crippen LogP contribution in [0.4, 0.5) is 0 Å². The van der Waals surface area contributed by atoms with E-state index in [9.17, 15) is 4.79 Å². The number of carboxylic acid groups (broad SMARTS) is 1. The topological polar surface area (TPSA) is 82.5 Å². The first kappa shape index (κ1) is 10.6. The molecule has 0 saturated heterocycles. The van der Waals surface area contributed by atoms with Gasteiger partial charge in [-0.05, 0) is 11.6 Å². The molecule has 0 amide bonds. The molecule has 0 fully saturated rings. The average molecular weight is 196 g/mol. The van der Waals surface area contributed by atoms with E-state index in [4.69, 9.17) is 10.2 Å². The van der Waals surface area contributed by atoms with Gasteiger partial charge < -0.3 is 10.2 Å². The summed E-state index contributed by atoms with van der Waals surface area (Å²) in [6, 6.07) is 2.68. The van der Waals surface area contributed by atoms with Crippen LogP contribution in [0, 0.1) is 0 Å². The Hall–Kier alpha value is -1.46. The number of pyridine rings is 1. The third-order valence-electron chi connectivity index (χ3n) is 1.76. The number of nitrogens with zero attached hydrogens (tertiary/aromatic N) is 1. The Kier molecular flexibility index (Phi) is 4.03. The van der Waals surface area contributed by atoms with Crippen molar-refractivity contribution in [2.24, 2.45) is 0 Å². The minimum Gasteiger partial charge on any atom is -0.480 e. The first-order valence-corrected chi connectivity index (χ1v) is 4.20. The zero-order valence-corrected chi connectivity index (χ0v) is 7.55. The number of carboxylic acids is 1. The summed E-state index contributed by atoms with van der Waals surface area (Å²) in [5.74, 6) is -1.06. The summed E-state index contributed by atoms with van der Waals surface area (Å²) in [5, 5.41) is 20.0. The highest BCUT2D eigenvalue weighted by molar-refractivity contribution is 5.73. The van der Waals surface area contributed by atoms with Crippen LogP contribution < -0.4 is 5.32 Å². The Morgan fingerprint density at radius 1 is 1.64 bits per heavy atom. The van der Waals surface area contributed by atoms with Gasteiger partial charge in [-0.15, -0.1) is 0 Å². The number of carbonyl (C=O) groups is 1. The van der Waals surface area contributed by atoms with Crippen LogP contribution in [0.1, 0.15) is 5.56 Å². The molecule has 0 unspecified atom stereocenters. The smallest absolute Gasteiger partial charge is 0.323 e. The number of rotatable bonds is 5. The Balaban J connectivity index is 2.44. The lowest BCUT2D eigenvalue weighted by Crippen LogP contribution is -2.39. The van der Waals surface area contributed by atoms with Crippen molar-refractivity contribution in [2.75, 3.05) is 6.61 Å². The molecule has 0 bridgehead atoms. The summed E-state index contributed by atoms with van der Waals surface area (Å²) in [5.41, 5.74) is 0.882. The second-order valence-electron chi connectivity index (χ2n) is 2.82. The molecule has 0 aromatic carbocycles. The van der Waals surface area contributed by atoms with E-state index in [1.165, 1.54) is 0 Å². The van der Waals surface area contributed by atoms with E-state index in [0.29, 0.717) is 6.54 Å². The normalized spacial score (nSPS) is 12.4. The fourth-order valence-corrected chi connectivity index (χ4v) is 0.974. The van der Waals surface area contributed by atoms with Crippen LogP contribution in [-0.2, 0) is 11.3 Å². The van der Waals surface area contributed by atoms with E-state index in [-0.39, 0.29) is 0 Å².